The normalized spacial score (nSPS) is 10.2. The zero-order chi connectivity index (χ0) is 19.1. The number of benzene rings is 1. The maximum absolute atomic E-state index is 12.0. The second-order valence-corrected chi connectivity index (χ2v) is 6.59. The first-order valence-electron chi connectivity index (χ1n) is 8.31. The molecule has 1 aromatic carbocycles. The molecule has 0 aliphatic carbocycles. The summed E-state index contributed by atoms with van der Waals surface area (Å²) in [5.74, 6) is -1.44. The summed E-state index contributed by atoms with van der Waals surface area (Å²) in [5, 5.41) is 3.89. The molecule has 1 heterocycles. The third-order valence-electron chi connectivity index (χ3n) is 3.51. The molecule has 0 saturated heterocycles. The first-order chi connectivity index (χ1) is 12.5. The molecule has 0 spiro atoms. The number of nitrogens with zero attached hydrogens (tertiary/aromatic N) is 1. The van der Waals surface area contributed by atoms with Crippen molar-refractivity contribution in [2.75, 3.05) is 18.5 Å². The highest BCUT2D eigenvalue weighted by Crippen LogP contribution is 2.28. The fourth-order valence-corrected chi connectivity index (χ4v) is 3.02. The number of carbonyl (C=O) groups is 2. The van der Waals surface area contributed by atoms with Gasteiger partial charge in [-0.05, 0) is 39.8 Å². The predicted molar refractivity (Wildman–Crippen MR) is 102 cm³/mol. The smallest absolute Gasteiger partial charge is 0.347 e. The van der Waals surface area contributed by atoms with Crippen LogP contribution in [0.2, 0.25) is 0 Å². The van der Waals surface area contributed by atoms with Crippen LogP contribution < -0.4 is 5.32 Å². The number of aryl methyl sites for hydroxylation is 2. The van der Waals surface area contributed by atoms with Gasteiger partial charge in [0.1, 0.15) is 5.01 Å². The number of thiazole rings is 1. The van der Waals surface area contributed by atoms with Gasteiger partial charge in [0, 0.05) is 22.3 Å². The van der Waals surface area contributed by atoms with E-state index in [1.54, 1.807) is 25.2 Å². The summed E-state index contributed by atoms with van der Waals surface area (Å²) in [6, 6.07) is 7.58. The standard InChI is InChI=1S/C19H22N2O4S/c1-5-24-18(22)16(19(23)25-6-2)11-20-15-9-7-8-14(10-15)17-21-12(3)13(4)26-17/h7-11,20H,5-6H2,1-4H3. The lowest BCUT2D eigenvalue weighted by Crippen LogP contribution is -2.19. The summed E-state index contributed by atoms with van der Waals surface area (Å²) >= 11 is 1.62. The van der Waals surface area contributed by atoms with Crippen LogP contribution in [-0.2, 0) is 19.1 Å². The first-order valence-corrected chi connectivity index (χ1v) is 9.13. The Morgan fingerprint density at radius 1 is 1.15 bits per heavy atom. The predicted octanol–water partition coefficient (Wildman–Crippen LogP) is 3.85. The summed E-state index contributed by atoms with van der Waals surface area (Å²) in [6.07, 6.45) is 1.31. The molecule has 0 bridgehead atoms. The summed E-state index contributed by atoms with van der Waals surface area (Å²) in [5.41, 5.74) is 2.51. The molecule has 2 aromatic rings. The molecular formula is C19H22N2O4S. The van der Waals surface area contributed by atoms with E-state index in [4.69, 9.17) is 9.47 Å². The molecule has 26 heavy (non-hydrogen) atoms. The zero-order valence-corrected chi connectivity index (χ0v) is 16.1. The molecule has 6 nitrogen and oxygen atoms in total. The second kappa shape index (κ2) is 9.15. The Morgan fingerprint density at radius 3 is 2.35 bits per heavy atom. The lowest BCUT2D eigenvalue weighted by Gasteiger charge is -2.08. The minimum atomic E-state index is -0.722. The molecule has 138 valence electrons. The van der Waals surface area contributed by atoms with Crippen molar-refractivity contribution in [1.82, 2.24) is 4.98 Å². The van der Waals surface area contributed by atoms with E-state index in [-0.39, 0.29) is 18.8 Å². The number of esters is 2. The van der Waals surface area contributed by atoms with Crippen LogP contribution >= 0.6 is 11.3 Å². The second-order valence-electron chi connectivity index (χ2n) is 5.38. The van der Waals surface area contributed by atoms with Gasteiger partial charge >= 0.3 is 11.9 Å². The van der Waals surface area contributed by atoms with Crippen LogP contribution in [-0.4, -0.2) is 30.1 Å². The molecule has 0 radical (unpaired) electrons. The van der Waals surface area contributed by atoms with Crippen LogP contribution in [0.4, 0.5) is 5.69 Å². The molecule has 0 unspecified atom stereocenters. The molecule has 7 heteroatoms. The van der Waals surface area contributed by atoms with Crippen molar-refractivity contribution < 1.29 is 19.1 Å². The van der Waals surface area contributed by atoms with Crippen LogP contribution in [0.1, 0.15) is 24.4 Å². The minimum absolute atomic E-state index is 0.174. The Bertz CT molecular complexity index is 787. The van der Waals surface area contributed by atoms with E-state index < -0.39 is 11.9 Å². The first kappa shape index (κ1) is 19.7. The van der Waals surface area contributed by atoms with Gasteiger partial charge in [0.25, 0.3) is 0 Å². The van der Waals surface area contributed by atoms with Crippen molar-refractivity contribution in [2.24, 2.45) is 0 Å². The highest BCUT2D eigenvalue weighted by molar-refractivity contribution is 7.15. The zero-order valence-electron chi connectivity index (χ0n) is 15.3. The topological polar surface area (TPSA) is 77.5 Å². The van der Waals surface area contributed by atoms with Crippen molar-refractivity contribution in [2.45, 2.75) is 27.7 Å². The summed E-state index contributed by atoms with van der Waals surface area (Å²) in [7, 11) is 0. The fourth-order valence-electron chi connectivity index (χ4n) is 2.11. The Labute approximate surface area is 156 Å². The molecule has 0 aliphatic heterocycles. The molecular weight excluding hydrogens is 352 g/mol. The monoisotopic (exact) mass is 374 g/mol. The number of ether oxygens (including phenoxy) is 2. The lowest BCUT2D eigenvalue weighted by molar-refractivity contribution is -0.146. The Morgan fingerprint density at radius 2 is 1.81 bits per heavy atom. The van der Waals surface area contributed by atoms with E-state index >= 15 is 0 Å². The average molecular weight is 374 g/mol. The molecule has 0 aliphatic rings. The number of anilines is 1. The van der Waals surface area contributed by atoms with Crippen LogP contribution in [0.25, 0.3) is 10.6 Å². The Hall–Kier alpha value is -2.67. The number of nitrogens with one attached hydrogen (secondary N) is 1. The largest absolute Gasteiger partial charge is 0.462 e. The third-order valence-corrected chi connectivity index (χ3v) is 4.63. The lowest BCUT2D eigenvalue weighted by atomic mass is 10.2. The maximum atomic E-state index is 12.0. The number of hydrogen-bond donors (Lipinski definition) is 1. The van der Waals surface area contributed by atoms with Crippen molar-refractivity contribution in [3.05, 3.63) is 46.6 Å². The third kappa shape index (κ3) is 4.92. The van der Waals surface area contributed by atoms with Gasteiger partial charge in [0.2, 0.25) is 0 Å². The van der Waals surface area contributed by atoms with Crippen molar-refractivity contribution in [3.63, 3.8) is 0 Å². The molecule has 1 N–H and O–H groups in total. The summed E-state index contributed by atoms with van der Waals surface area (Å²) < 4.78 is 9.83. The van der Waals surface area contributed by atoms with Crippen LogP contribution in [0.15, 0.2) is 36.0 Å². The molecule has 1 aromatic heterocycles. The highest BCUT2D eigenvalue weighted by Gasteiger charge is 2.20. The van der Waals surface area contributed by atoms with E-state index in [9.17, 15) is 9.59 Å². The molecule has 0 saturated carbocycles. The van der Waals surface area contributed by atoms with E-state index in [1.165, 1.54) is 11.1 Å². The van der Waals surface area contributed by atoms with Gasteiger partial charge in [0.05, 0.1) is 18.9 Å². The van der Waals surface area contributed by atoms with Gasteiger partial charge in [-0.15, -0.1) is 11.3 Å². The van der Waals surface area contributed by atoms with Gasteiger partial charge in [-0.2, -0.15) is 0 Å². The molecule has 0 fully saturated rings. The van der Waals surface area contributed by atoms with E-state index in [2.05, 4.69) is 10.3 Å². The van der Waals surface area contributed by atoms with Crippen LogP contribution in [0.5, 0.6) is 0 Å². The van der Waals surface area contributed by atoms with Gasteiger partial charge in [0.15, 0.2) is 5.57 Å². The van der Waals surface area contributed by atoms with E-state index in [1.807, 2.05) is 38.1 Å². The maximum Gasteiger partial charge on any atom is 0.347 e. The average Bonchev–Trinajstić information content (AvgIpc) is 2.95. The molecule has 0 amide bonds. The Kier molecular flexibility index (Phi) is 6.91. The van der Waals surface area contributed by atoms with Gasteiger partial charge in [-0.1, -0.05) is 12.1 Å². The quantitative estimate of drug-likeness (QED) is 0.343. The molecule has 0 atom stereocenters. The molecule has 2 rings (SSSR count). The van der Waals surface area contributed by atoms with Gasteiger partial charge in [-0.25, -0.2) is 14.6 Å². The summed E-state index contributed by atoms with van der Waals surface area (Å²) in [6.45, 7) is 7.71. The number of rotatable bonds is 7. The highest BCUT2D eigenvalue weighted by atomic mass is 32.1. The minimum Gasteiger partial charge on any atom is -0.462 e. The fraction of sp³-hybridized carbons (Fsp3) is 0.316. The van der Waals surface area contributed by atoms with Crippen molar-refractivity contribution >= 4 is 29.0 Å². The van der Waals surface area contributed by atoms with Gasteiger partial charge in [-0.3, -0.25) is 0 Å². The van der Waals surface area contributed by atoms with E-state index in [0.29, 0.717) is 0 Å². The van der Waals surface area contributed by atoms with Gasteiger partial charge < -0.3 is 14.8 Å². The summed E-state index contributed by atoms with van der Waals surface area (Å²) in [4.78, 5) is 29.7. The number of carbonyl (C=O) groups excluding carboxylic acids is 2. The van der Waals surface area contributed by atoms with Crippen LogP contribution in [0.3, 0.4) is 0 Å². The number of aromatic nitrogens is 1. The van der Waals surface area contributed by atoms with Crippen LogP contribution in [0, 0.1) is 13.8 Å². The number of hydrogen-bond acceptors (Lipinski definition) is 7. The SMILES string of the molecule is CCOC(=O)C(=CNc1cccc(-c2nc(C)c(C)s2)c1)C(=O)OCC. The Balaban J connectivity index is 2.24. The van der Waals surface area contributed by atoms with Crippen molar-refractivity contribution in [1.29, 1.82) is 0 Å². The van der Waals surface area contributed by atoms with Crippen molar-refractivity contribution in [3.8, 4) is 10.6 Å². The van der Waals surface area contributed by atoms with E-state index in [0.717, 1.165) is 22.0 Å².